The predicted molar refractivity (Wildman–Crippen MR) is 110 cm³/mol. The maximum Gasteiger partial charge on any atom is 0.306 e. The summed E-state index contributed by atoms with van der Waals surface area (Å²) < 4.78 is 0. The van der Waals surface area contributed by atoms with Gasteiger partial charge in [-0.15, -0.1) is 0 Å². The van der Waals surface area contributed by atoms with Crippen LogP contribution in [0.3, 0.4) is 0 Å². The number of benzene rings is 2. The number of nitrogens with one attached hydrogen (secondary N) is 1. The highest BCUT2D eigenvalue weighted by Gasteiger charge is 2.24. The third-order valence-electron chi connectivity index (χ3n) is 4.85. The Bertz CT molecular complexity index is 832. The SMILES string of the molecule is CC(CC(C)C(=O)O)NC(=O)C(CC(=O)O)Cc1ccc(-c2ccccc2)cc1. The first-order chi connectivity index (χ1) is 13.8. The minimum atomic E-state index is -1.04. The van der Waals surface area contributed by atoms with Crippen LogP contribution in [0.25, 0.3) is 11.1 Å². The highest BCUT2D eigenvalue weighted by atomic mass is 16.4. The van der Waals surface area contributed by atoms with Crippen molar-refractivity contribution >= 4 is 17.8 Å². The summed E-state index contributed by atoms with van der Waals surface area (Å²) in [7, 11) is 0. The van der Waals surface area contributed by atoms with E-state index in [1.807, 2.05) is 54.6 Å². The molecule has 0 aliphatic heterocycles. The average molecular weight is 397 g/mol. The Morgan fingerprint density at radius 2 is 1.48 bits per heavy atom. The molecule has 0 radical (unpaired) electrons. The molecule has 0 aliphatic rings. The van der Waals surface area contributed by atoms with Gasteiger partial charge in [0.05, 0.1) is 18.3 Å². The zero-order chi connectivity index (χ0) is 21.4. The minimum Gasteiger partial charge on any atom is -0.481 e. The van der Waals surface area contributed by atoms with E-state index < -0.39 is 23.8 Å². The Balaban J connectivity index is 2.05. The van der Waals surface area contributed by atoms with E-state index in [0.29, 0.717) is 6.42 Å². The fourth-order valence-electron chi connectivity index (χ4n) is 3.27. The molecule has 3 atom stereocenters. The molecule has 1 amide bonds. The van der Waals surface area contributed by atoms with Gasteiger partial charge in [-0.05, 0) is 36.5 Å². The number of carbonyl (C=O) groups is 3. The lowest BCUT2D eigenvalue weighted by molar-refractivity contribution is -0.142. The summed E-state index contributed by atoms with van der Waals surface area (Å²) in [5.74, 6) is -3.65. The summed E-state index contributed by atoms with van der Waals surface area (Å²) in [4.78, 5) is 34.8. The van der Waals surface area contributed by atoms with E-state index in [0.717, 1.165) is 16.7 Å². The van der Waals surface area contributed by atoms with Gasteiger partial charge in [0.1, 0.15) is 0 Å². The van der Waals surface area contributed by atoms with Gasteiger partial charge in [-0.25, -0.2) is 0 Å². The van der Waals surface area contributed by atoms with Crippen molar-refractivity contribution in [2.24, 2.45) is 11.8 Å². The van der Waals surface area contributed by atoms with Crippen LogP contribution in [-0.2, 0) is 20.8 Å². The third kappa shape index (κ3) is 7.07. The van der Waals surface area contributed by atoms with Crippen LogP contribution >= 0.6 is 0 Å². The quantitative estimate of drug-likeness (QED) is 0.568. The maximum atomic E-state index is 12.6. The van der Waals surface area contributed by atoms with E-state index in [1.54, 1.807) is 13.8 Å². The number of aliphatic carboxylic acids is 2. The maximum absolute atomic E-state index is 12.6. The summed E-state index contributed by atoms with van der Waals surface area (Å²) in [5.41, 5.74) is 3.00. The molecule has 29 heavy (non-hydrogen) atoms. The molecule has 154 valence electrons. The number of rotatable bonds is 10. The molecule has 0 bridgehead atoms. The average Bonchev–Trinajstić information content (AvgIpc) is 2.68. The molecule has 0 aromatic heterocycles. The van der Waals surface area contributed by atoms with Gasteiger partial charge in [0, 0.05) is 6.04 Å². The molecule has 0 saturated carbocycles. The van der Waals surface area contributed by atoms with Gasteiger partial charge in [-0.1, -0.05) is 61.5 Å². The van der Waals surface area contributed by atoms with Crippen molar-refractivity contribution in [1.29, 1.82) is 0 Å². The molecule has 6 heteroatoms. The highest BCUT2D eigenvalue weighted by molar-refractivity contribution is 5.83. The number of hydrogen-bond donors (Lipinski definition) is 3. The summed E-state index contributed by atoms with van der Waals surface area (Å²) in [6.45, 7) is 3.30. The lowest BCUT2D eigenvalue weighted by Gasteiger charge is -2.20. The Morgan fingerprint density at radius 1 is 0.897 bits per heavy atom. The van der Waals surface area contributed by atoms with Crippen LogP contribution in [0.2, 0.25) is 0 Å². The lowest BCUT2D eigenvalue weighted by atomic mass is 9.93. The second-order valence-corrected chi connectivity index (χ2v) is 7.45. The van der Waals surface area contributed by atoms with E-state index in [1.165, 1.54) is 0 Å². The van der Waals surface area contributed by atoms with Gasteiger partial charge < -0.3 is 15.5 Å². The van der Waals surface area contributed by atoms with Gasteiger partial charge in [-0.3, -0.25) is 14.4 Å². The van der Waals surface area contributed by atoms with Crippen molar-refractivity contribution in [2.45, 2.75) is 39.2 Å². The van der Waals surface area contributed by atoms with E-state index >= 15 is 0 Å². The van der Waals surface area contributed by atoms with Crippen molar-refractivity contribution < 1.29 is 24.6 Å². The molecular weight excluding hydrogens is 370 g/mol. The summed E-state index contributed by atoms with van der Waals surface area (Å²) >= 11 is 0. The standard InChI is InChI=1S/C23H27NO5/c1-15(23(28)29)12-16(2)24-22(27)20(14-21(25)26)13-17-8-10-19(11-9-17)18-6-4-3-5-7-18/h3-11,15-16,20H,12-14H2,1-2H3,(H,24,27)(H,25,26)(H,28,29). The fraction of sp³-hybridized carbons (Fsp3) is 0.348. The zero-order valence-corrected chi connectivity index (χ0v) is 16.7. The van der Waals surface area contributed by atoms with Crippen molar-refractivity contribution in [1.82, 2.24) is 5.32 Å². The lowest BCUT2D eigenvalue weighted by Crippen LogP contribution is -2.40. The normalized spacial score (nSPS) is 13.9. The third-order valence-corrected chi connectivity index (χ3v) is 4.85. The number of carbonyl (C=O) groups excluding carboxylic acids is 1. The fourth-order valence-corrected chi connectivity index (χ4v) is 3.27. The van der Waals surface area contributed by atoms with Gasteiger partial charge in [0.25, 0.3) is 0 Å². The summed E-state index contributed by atoms with van der Waals surface area (Å²) in [6, 6.07) is 17.3. The van der Waals surface area contributed by atoms with Crippen molar-refractivity contribution in [3.63, 3.8) is 0 Å². The van der Waals surface area contributed by atoms with Crippen molar-refractivity contribution in [3.8, 4) is 11.1 Å². The zero-order valence-electron chi connectivity index (χ0n) is 16.7. The van der Waals surface area contributed by atoms with Crippen LogP contribution in [-0.4, -0.2) is 34.1 Å². The van der Waals surface area contributed by atoms with Crippen LogP contribution in [0.15, 0.2) is 54.6 Å². The molecular formula is C23H27NO5. The minimum absolute atomic E-state index is 0.284. The van der Waals surface area contributed by atoms with Crippen LogP contribution in [0.4, 0.5) is 0 Å². The number of carboxylic acid groups (broad SMARTS) is 2. The second-order valence-electron chi connectivity index (χ2n) is 7.45. The van der Waals surface area contributed by atoms with Gasteiger partial charge >= 0.3 is 11.9 Å². The molecule has 3 unspecified atom stereocenters. The van der Waals surface area contributed by atoms with Gasteiger partial charge in [0.2, 0.25) is 5.91 Å². The Labute approximate surface area is 170 Å². The van der Waals surface area contributed by atoms with Gasteiger partial charge in [-0.2, -0.15) is 0 Å². The molecule has 3 N–H and O–H groups in total. The van der Waals surface area contributed by atoms with Crippen LogP contribution in [0.1, 0.15) is 32.3 Å². The van der Waals surface area contributed by atoms with Crippen LogP contribution in [0, 0.1) is 11.8 Å². The molecule has 0 saturated heterocycles. The molecule has 2 aromatic carbocycles. The predicted octanol–water partition coefficient (Wildman–Crippen LogP) is 3.60. The first-order valence-electron chi connectivity index (χ1n) is 9.65. The molecule has 0 spiro atoms. The Hall–Kier alpha value is -3.15. The van der Waals surface area contributed by atoms with Crippen LogP contribution in [0.5, 0.6) is 0 Å². The van der Waals surface area contributed by atoms with E-state index in [9.17, 15) is 19.5 Å². The van der Waals surface area contributed by atoms with E-state index in [2.05, 4.69) is 5.32 Å². The van der Waals surface area contributed by atoms with Crippen molar-refractivity contribution in [2.75, 3.05) is 0 Å². The van der Waals surface area contributed by atoms with Gasteiger partial charge in [0.15, 0.2) is 0 Å². The summed E-state index contributed by atoms with van der Waals surface area (Å²) in [6.07, 6.45) is 0.300. The number of amides is 1. The topological polar surface area (TPSA) is 104 Å². The molecule has 0 fully saturated rings. The largest absolute Gasteiger partial charge is 0.481 e. The molecule has 0 heterocycles. The first kappa shape index (κ1) is 22.1. The highest BCUT2D eigenvalue weighted by Crippen LogP contribution is 2.21. The molecule has 2 aromatic rings. The van der Waals surface area contributed by atoms with E-state index in [4.69, 9.17) is 5.11 Å². The molecule has 2 rings (SSSR count). The van der Waals surface area contributed by atoms with Crippen LogP contribution < -0.4 is 5.32 Å². The first-order valence-corrected chi connectivity index (χ1v) is 9.65. The van der Waals surface area contributed by atoms with Crippen molar-refractivity contribution in [3.05, 3.63) is 60.2 Å². The molecule has 0 aliphatic carbocycles. The second kappa shape index (κ2) is 10.4. The number of carboxylic acids is 2. The molecule has 6 nitrogen and oxygen atoms in total. The summed E-state index contributed by atoms with van der Waals surface area (Å²) in [5, 5.41) is 21.0. The smallest absolute Gasteiger partial charge is 0.306 e. The Morgan fingerprint density at radius 3 is 2.03 bits per heavy atom. The van der Waals surface area contributed by atoms with E-state index in [-0.39, 0.29) is 24.8 Å². The number of hydrogen-bond acceptors (Lipinski definition) is 3. The Kier molecular flexibility index (Phi) is 7.95. The monoisotopic (exact) mass is 397 g/mol.